The Hall–Kier alpha value is -1.36. The lowest BCUT2D eigenvalue weighted by atomic mass is 9.93. The molecule has 3 heterocycles. The molecule has 2 aliphatic heterocycles. The molecule has 0 radical (unpaired) electrons. The van der Waals surface area contributed by atoms with Gasteiger partial charge in [-0.1, -0.05) is 6.92 Å². The Kier molecular flexibility index (Phi) is 3.78. The Morgan fingerprint density at radius 2 is 2.10 bits per heavy atom. The molecule has 0 aliphatic carbocycles. The standard InChI is InChI=1S/C15H23N3O2/c1-2-17-6-3-11(4-7-17)14-16-10-13-9-12(15(19)20)5-8-18(13)14/h10-12H,2-9H2,1H3,(H,19,20). The van der Waals surface area contributed by atoms with Crippen molar-refractivity contribution in [3.63, 3.8) is 0 Å². The molecule has 1 N–H and O–H groups in total. The highest BCUT2D eigenvalue weighted by atomic mass is 16.4. The fourth-order valence-electron chi connectivity index (χ4n) is 3.53. The molecule has 0 bridgehead atoms. The van der Waals surface area contributed by atoms with E-state index in [1.165, 1.54) is 18.7 Å². The molecule has 5 nitrogen and oxygen atoms in total. The van der Waals surface area contributed by atoms with Crippen LogP contribution in [0.2, 0.25) is 0 Å². The molecule has 1 saturated heterocycles. The van der Waals surface area contributed by atoms with Gasteiger partial charge in [-0.05, 0) is 38.9 Å². The lowest BCUT2D eigenvalue weighted by Gasteiger charge is -2.32. The van der Waals surface area contributed by atoms with Crippen LogP contribution in [0.1, 0.15) is 43.6 Å². The van der Waals surface area contributed by atoms with Crippen LogP contribution in [0.15, 0.2) is 6.20 Å². The number of rotatable bonds is 3. The monoisotopic (exact) mass is 277 g/mol. The number of aromatic nitrogens is 2. The van der Waals surface area contributed by atoms with Gasteiger partial charge in [0.2, 0.25) is 0 Å². The second-order valence-electron chi connectivity index (χ2n) is 6.00. The molecule has 1 fully saturated rings. The van der Waals surface area contributed by atoms with E-state index in [0.29, 0.717) is 12.3 Å². The van der Waals surface area contributed by atoms with Crippen LogP contribution < -0.4 is 0 Å². The highest BCUT2D eigenvalue weighted by molar-refractivity contribution is 5.70. The number of likely N-dealkylation sites (tertiary alicyclic amines) is 1. The number of carboxylic acid groups (broad SMARTS) is 1. The molecule has 1 atom stereocenters. The number of fused-ring (bicyclic) bond motifs is 1. The van der Waals surface area contributed by atoms with Crippen LogP contribution >= 0.6 is 0 Å². The number of aliphatic carboxylic acids is 1. The zero-order valence-electron chi connectivity index (χ0n) is 12.1. The van der Waals surface area contributed by atoms with Crippen LogP contribution in [0.25, 0.3) is 0 Å². The lowest BCUT2D eigenvalue weighted by Crippen LogP contribution is -2.34. The minimum absolute atomic E-state index is 0.228. The summed E-state index contributed by atoms with van der Waals surface area (Å²) in [6.07, 6.45) is 5.62. The first-order valence-electron chi connectivity index (χ1n) is 7.68. The van der Waals surface area contributed by atoms with Crippen molar-refractivity contribution in [3.05, 3.63) is 17.7 Å². The van der Waals surface area contributed by atoms with Gasteiger partial charge in [-0.3, -0.25) is 4.79 Å². The minimum atomic E-state index is -0.671. The van der Waals surface area contributed by atoms with Crippen LogP contribution in [0.4, 0.5) is 0 Å². The SMILES string of the molecule is CCN1CCC(c2ncc3n2CCC(C(=O)O)C3)CC1. The quantitative estimate of drug-likeness (QED) is 0.914. The number of carboxylic acids is 1. The van der Waals surface area contributed by atoms with Crippen molar-refractivity contribution < 1.29 is 9.90 Å². The first kappa shape index (κ1) is 13.6. The number of imidazole rings is 1. The van der Waals surface area contributed by atoms with E-state index in [0.717, 1.165) is 38.3 Å². The van der Waals surface area contributed by atoms with Crippen LogP contribution in [0.3, 0.4) is 0 Å². The van der Waals surface area contributed by atoms with E-state index in [2.05, 4.69) is 21.4 Å². The van der Waals surface area contributed by atoms with Crippen LogP contribution in [0.5, 0.6) is 0 Å². The number of nitrogens with zero attached hydrogens (tertiary/aromatic N) is 3. The van der Waals surface area contributed by atoms with Gasteiger partial charge in [-0.15, -0.1) is 0 Å². The summed E-state index contributed by atoms with van der Waals surface area (Å²) in [5.41, 5.74) is 1.11. The van der Waals surface area contributed by atoms with Gasteiger partial charge in [0, 0.05) is 30.8 Å². The normalized spacial score (nSPS) is 24.6. The average molecular weight is 277 g/mol. The minimum Gasteiger partial charge on any atom is -0.481 e. The zero-order valence-corrected chi connectivity index (χ0v) is 12.1. The molecule has 0 spiro atoms. The van der Waals surface area contributed by atoms with Gasteiger partial charge >= 0.3 is 5.97 Å². The smallest absolute Gasteiger partial charge is 0.306 e. The third kappa shape index (κ3) is 2.46. The fourth-order valence-corrected chi connectivity index (χ4v) is 3.53. The Bertz CT molecular complexity index is 489. The van der Waals surface area contributed by atoms with Crippen molar-refractivity contribution in [3.8, 4) is 0 Å². The summed E-state index contributed by atoms with van der Waals surface area (Å²) in [4.78, 5) is 18.2. The molecule has 0 saturated carbocycles. The van der Waals surface area contributed by atoms with Gasteiger partial charge < -0.3 is 14.6 Å². The topological polar surface area (TPSA) is 58.4 Å². The molecule has 110 valence electrons. The second-order valence-corrected chi connectivity index (χ2v) is 6.00. The molecule has 1 unspecified atom stereocenters. The Morgan fingerprint density at radius 1 is 1.35 bits per heavy atom. The van der Waals surface area contributed by atoms with Crippen molar-refractivity contribution in [1.82, 2.24) is 14.5 Å². The predicted octanol–water partition coefficient (Wildman–Crippen LogP) is 1.73. The van der Waals surface area contributed by atoms with E-state index in [9.17, 15) is 4.79 Å². The number of piperidine rings is 1. The van der Waals surface area contributed by atoms with Crippen molar-refractivity contribution in [2.24, 2.45) is 5.92 Å². The molecule has 0 aromatic carbocycles. The molecule has 5 heteroatoms. The number of carbonyl (C=O) groups is 1. The van der Waals surface area contributed by atoms with Gasteiger partial charge in [-0.2, -0.15) is 0 Å². The van der Waals surface area contributed by atoms with Crippen molar-refractivity contribution in [2.45, 2.75) is 45.1 Å². The van der Waals surface area contributed by atoms with Crippen LogP contribution in [-0.2, 0) is 17.8 Å². The summed E-state index contributed by atoms with van der Waals surface area (Å²) in [5.74, 6) is 0.844. The summed E-state index contributed by atoms with van der Waals surface area (Å²) in [7, 11) is 0. The molecule has 1 aromatic heterocycles. The molecule has 3 rings (SSSR count). The summed E-state index contributed by atoms with van der Waals surface area (Å²) < 4.78 is 2.28. The maximum atomic E-state index is 11.1. The predicted molar refractivity (Wildman–Crippen MR) is 75.8 cm³/mol. The van der Waals surface area contributed by atoms with Crippen molar-refractivity contribution >= 4 is 5.97 Å². The van der Waals surface area contributed by atoms with E-state index in [-0.39, 0.29) is 5.92 Å². The van der Waals surface area contributed by atoms with Crippen LogP contribution in [-0.4, -0.2) is 45.2 Å². The third-order valence-electron chi connectivity index (χ3n) is 4.87. The summed E-state index contributed by atoms with van der Waals surface area (Å²) in [6.45, 7) is 6.47. The Labute approximate surface area is 119 Å². The first-order chi connectivity index (χ1) is 9.69. The van der Waals surface area contributed by atoms with E-state index in [1.54, 1.807) is 0 Å². The summed E-state index contributed by atoms with van der Waals surface area (Å²) in [6, 6.07) is 0. The number of hydrogen-bond donors (Lipinski definition) is 1. The first-order valence-corrected chi connectivity index (χ1v) is 7.68. The highest BCUT2D eigenvalue weighted by Gasteiger charge is 2.29. The largest absolute Gasteiger partial charge is 0.481 e. The van der Waals surface area contributed by atoms with Crippen molar-refractivity contribution in [1.29, 1.82) is 0 Å². The van der Waals surface area contributed by atoms with Gasteiger partial charge in [0.05, 0.1) is 5.92 Å². The van der Waals surface area contributed by atoms with Gasteiger partial charge in [-0.25, -0.2) is 4.98 Å². The molecule has 1 aromatic rings. The molecule has 2 aliphatic rings. The Morgan fingerprint density at radius 3 is 2.75 bits per heavy atom. The molecule has 0 amide bonds. The average Bonchev–Trinajstić information content (AvgIpc) is 2.90. The molecular formula is C15H23N3O2. The van der Waals surface area contributed by atoms with Gasteiger partial charge in [0.1, 0.15) is 5.82 Å². The van der Waals surface area contributed by atoms with Gasteiger partial charge in [0.25, 0.3) is 0 Å². The van der Waals surface area contributed by atoms with E-state index < -0.39 is 5.97 Å². The van der Waals surface area contributed by atoms with Crippen LogP contribution in [0, 0.1) is 5.92 Å². The fraction of sp³-hybridized carbons (Fsp3) is 0.733. The highest BCUT2D eigenvalue weighted by Crippen LogP contribution is 2.31. The van der Waals surface area contributed by atoms with Crippen molar-refractivity contribution in [2.75, 3.05) is 19.6 Å². The summed E-state index contributed by atoms with van der Waals surface area (Å²) >= 11 is 0. The second kappa shape index (κ2) is 5.56. The maximum Gasteiger partial charge on any atom is 0.306 e. The molecule has 20 heavy (non-hydrogen) atoms. The summed E-state index contributed by atoms with van der Waals surface area (Å²) in [5, 5.41) is 9.14. The number of hydrogen-bond acceptors (Lipinski definition) is 3. The van der Waals surface area contributed by atoms with E-state index >= 15 is 0 Å². The van der Waals surface area contributed by atoms with E-state index in [1.807, 2.05) is 6.20 Å². The Balaban J connectivity index is 1.72. The van der Waals surface area contributed by atoms with Gasteiger partial charge in [0.15, 0.2) is 0 Å². The maximum absolute atomic E-state index is 11.1. The molecular weight excluding hydrogens is 254 g/mol. The lowest BCUT2D eigenvalue weighted by molar-refractivity contribution is -0.142. The third-order valence-corrected chi connectivity index (χ3v) is 4.87. The van der Waals surface area contributed by atoms with E-state index in [4.69, 9.17) is 5.11 Å². The zero-order chi connectivity index (χ0) is 14.1.